The second-order valence-electron chi connectivity index (χ2n) is 12.1. The number of carbonyl (C=O) groups is 3. The summed E-state index contributed by atoms with van der Waals surface area (Å²) >= 11 is 6.78. The summed E-state index contributed by atoms with van der Waals surface area (Å²) in [6, 6.07) is 13.9. The molecule has 0 fully saturated rings. The zero-order valence-corrected chi connectivity index (χ0v) is 28.4. The van der Waals surface area contributed by atoms with E-state index in [2.05, 4.69) is 25.7 Å². The van der Waals surface area contributed by atoms with Crippen molar-refractivity contribution >= 4 is 69.0 Å². The fourth-order valence-corrected chi connectivity index (χ4v) is 6.60. The number of likely N-dealkylation sites (N-methyl/N-ethyl adjacent to an activating group) is 1. The van der Waals surface area contributed by atoms with Gasteiger partial charge in [0.05, 0.1) is 34.7 Å². The molecule has 4 amide bonds. The van der Waals surface area contributed by atoms with Gasteiger partial charge in [-0.2, -0.15) is 10.1 Å². The van der Waals surface area contributed by atoms with Crippen molar-refractivity contribution in [3.8, 4) is 11.1 Å². The highest BCUT2D eigenvalue weighted by Gasteiger charge is 2.26. The molecule has 2 bridgehead atoms. The lowest BCUT2D eigenvalue weighted by Crippen LogP contribution is -2.35. The molecule has 3 heterocycles. The molecule has 2 aromatic heterocycles. The smallest absolute Gasteiger partial charge is 0.341 e. The molecule has 52 heavy (non-hydrogen) atoms. The Morgan fingerprint density at radius 3 is 2.54 bits per heavy atom. The zero-order chi connectivity index (χ0) is 36.7. The fourth-order valence-electron chi connectivity index (χ4n) is 6.33. The Kier molecular flexibility index (Phi) is 9.07. The number of hydrogen-bond donors (Lipinski definition) is 2. The molecule has 0 radical (unpaired) electrons. The monoisotopic (exact) mass is 724 g/mol. The molecule has 0 atom stereocenters. The minimum absolute atomic E-state index is 0.130. The van der Waals surface area contributed by atoms with Gasteiger partial charge in [0.1, 0.15) is 5.82 Å². The minimum Gasteiger partial charge on any atom is -0.341 e. The van der Waals surface area contributed by atoms with Crippen LogP contribution < -0.4 is 15.5 Å². The average molecular weight is 725 g/mol. The van der Waals surface area contributed by atoms with Crippen LogP contribution in [-0.4, -0.2) is 57.6 Å². The van der Waals surface area contributed by atoms with Crippen LogP contribution >= 0.6 is 11.6 Å². The van der Waals surface area contributed by atoms with Gasteiger partial charge >= 0.3 is 6.03 Å². The lowest BCUT2D eigenvalue weighted by molar-refractivity contribution is -0.108. The van der Waals surface area contributed by atoms with Crippen LogP contribution in [0, 0.1) is 17.5 Å². The fraction of sp³-hybridized carbons (Fsp3) is 0.135. The number of pyridine rings is 1. The molecule has 11 nitrogen and oxygen atoms in total. The zero-order valence-electron chi connectivity index (χ0n) is 27.6. The van der Waals surface area contributed by atoms with Crippen LogP contribution in [-0.2, 0) is 24.8 Å². The SMILES string of the molecule is CN1CCc2c(c(Cl)cc3nn(C)cc23)N/C(NC=O)=N/C(=O)N(Cc2cc(F)c(F)cc2F)c2cncc3cccc(c23)-c2cccc(c2)C1=O. The first kappa shape index (κ1) is 34.2. The molecule has 0 aliphatic carbocycles. The van der Waals surface area contributed by atoms with Crippen LogP contribution in [0.4, 0.5) is 29.3 Å². The van der Waals surface area contributed by atoms with E-state index in [0.29, 0.717) is 62.5 Å². The second-order valence-corrected chi connectivity index (χ2v) is 12.5. The minimum atomic E-state index is -1.40. The Morgan fingerprint density at radius 2 is 1.73 bits per heavy atom. The topological polar surface area (TPSA) is 125 Å². The molecule has 0 saturated carbocycles. The molecule has 0 saturated heterocycles. The van der Waals surface area contributed by atoms with Crippen molar-refractivity contribution in [1.29, 1.82) is 0 Å². The van der Waals surface area contributed by atoms with E-state index in [1.165, 1.54) is 6.20 Å². The largest absolute Gasteiger partial charge is 0.351 e. The highest BCUT2D eigenvalue weighted by Crippen LogP contribution is 2.38. The number of aryl methyl sites for hydroxylation is 1. The van der Waals surface area contributed by atoms with E-state index < -0.39 is 30.0 Å². The number of aliphatic imine (C=N–C) groups is 1. The number of carbonyl (C=O) groups excluding carboxylic acids is 3. The van der Waals surface area contributed by atoms with Gasteiger partial charge in [0.25, 0.3) is 5.91 Å². The summed E-state index contributed by atoms with van der Waals surface area (Å²) in [5.74, 6) is -4.44. The number of aromatic nitrogens is 3. The summed E-state index contributed by atoms with van der Waals surface area (Å²) in [6.07, 6.45) is 5.27. The van der Waals surface area contributed by atoms with E-state index in [0.717, 1.165) is 4.90 Å². The van der Waals surface area contributed by atoms with Crippen LogP contribution in [0.2, 0.25) is 5.02 Å². The first-order chi connectivity index (χ1) is 25.0. The van der Waals surface area contributed by atoms with Crippen molar-refractivity contribution < 1.29 is 27.6 Å². The van der Waals surface area contributed by atoms with Gasteiger partial charge in [-0.05, 0) is 47.4 Å². The number of halogens is 4. The number of benzene rings is 4. The van der Waals surface area contributed by atoms with Crippen molar-refractivity contribution in [1.82, 2.24) is 25.0 Å². The highest BCUT2D eigenvalue weighted by atomic mass is 35.5. The van der Waals surface area contributed by atoms with Gasteiger partial charge in [0.15, 0.2) is 11.6 Å². The van der Waals surface area contributed by atoms with Gasteiger partial charge in [0, 0.05) is 66.4 Å². The molecule has 7 rings (SSSR count). The summed E-state index contributed by atoms with van der Waals surface area (Å²) in [5.41, 5.74) is 2.84. The number of hydrogen-bond acceptors (Lipinski definition) is 6. The van der Waals surface area contributed by atoms with Gasteiger partial charge in [-0.1, -0.05) is 41.9 Å². The number of nitrogens with zero attached hydrogens (tertiary/aromatic N) is 6. The molecular formula is C37H28ClF3N8O3. The van der Waals surface area contributed by atoms with Crippen molar-refractivity contribution in [3.05, 3.63) is 118 Å². The average Bonchev–Trinajstić information content (AvgIpc) is 3.50. The molecule has 4 aromatic carbocycles. The molecular weight excluding hydrogens is 697 g/mol. The normalized spacial score (nSPS) is 14.8. The standard InChI is InChI=1S/C37H28ClF3N8O3/c1-47-10-9-25-26-18-48(2)46-31(26)13-27(38)34(25)44-36(43-19-50)45-37(52)49(17-23-12-29(40)30(41)14-28(23)39)32-16-42-15-22-7-4-8-24(33(22)32)20-5-3-6-21(11-20)35(47)51/h3-8,11-16,18-19H,9-10,17H2,1-2H3,(H2,43,44,45,50,52). The summed E-state index contributed by atoms with van der Waals surface area (Å²) in [7, 11) is 3.42. The maximum atomic E-state index is 15.2. The van der Waals surface area contributed by atoms with E-state index in [4.69, 9.17) is 11.6 Å². The number of anilines is 2. The Morgan fingerprint density at radius 1 is 0.962 bits per heavy atom. The lowest BCUT2D eigenvalue weighted by Gasteiger charge is -2.24. The van der Waals surface area contributed by atoms with Crippen LogP contribution in [0.25, 0.3) is 32.8 Å². The van der Waals surface area contributed by atoms with E-state index in [-0.39, 0.29) is 46.8 Å². The number of rotatable bonds is 3. The van der Waals surface area contributed by atoms with Gasteiger partial charge in [0.2, 0.25) is 12.4 Å². The summed E-state index contributed by atoms with van der Waals surface area (Å²) in [4.78, 5) is 51.2. The molecule has 1 aliphatic heterocycles. The number of fused-ring (bicyclic) bond motifs is 6. The van der Waals surface area contributed by atoms with E-state index >= 15 is 4.39 Å². The molecule has 1 aliphatic rings. The molecule has 15 heteroatoms. The van der Waals surface area contributed by atoms with Gasteiger partial charge in [-0.3, -0.25) is 29.5 Å². The Bertz CT molecular complexity index is 2460. The summed E-state index contributed by atoms with van der Waals surface area (Å²) in [5, 5.41) is 11.7. The Labute approximate surface area is 299 Å². The van der Waals surface area contributed by atoms with Crippen LogP contribution in [0.15, 0.2) is 84.2 Å². The van der Waals surface area contributed by atoms with Crippen molar-refractivity contribution in [3.63, 3.8) is 0 Å². The number of urea groups is 1. The number of guanidine groups is 1. The number of amides is 4. The maximum absolute atomic E-state index is 15.2. The third-order valence-corrected chi connectivity index (χ3v) is 9.10. The van der Waals surface area contributed by atoms with Gasteiger partial charge in [-0.15, -0.1) is 0 Å². The molecule has 0 spiro atoms. The Balaban J connectivity index is 1.50. The molecule has 262 valence electrons. The van der Waals surface area contributed by atoms with Crippen molar-refractivity contribution in [2.75, 3.05) is 23.8 Å². The quantitative estimate of drug-likeness (QED) is 0.152. The number of nitrogens with one attached hydrogen (secondary N) is 2. The highest BCUT2D eigenvalue weighted by molar-refractivity contribution is 6.35. The van der Waals surface area contributed by atoms with Crippen LogP contribution in [0.1, 0.15) is 21.5 Å². The van der Waals surface area contributed by atoms with E-state index in [9.17, 15) is 23.2 Å². The van der Waals surface area contributed by atoms with E-state index in [1.807, 2.05) is 0 Å². The van der Waals surface area contributed by atoms with Crippen LogP contribution in [0.3, 0.4) is 0 Å². The predicted octanol–water partition coefficient (Wildman–Crippen LogP) is 6.83. The Hall–Kier alpha value is -6.28. The van der Waals surface area contributed by atoms with Gasteiger partial charge < -0.3 is 10.2 Å². The summed E-state index contributed by atoms with van der Waals surface area (Å²) < 4.78 is 45.2. The molecule has 0 unspecified atom stereocenters. The van der Waals surface area contributed by atoms with Crippen molar-refractivity contribution in [2.24, 2.45) is 12.0 Å². The summed E-state index contributed by atoms with van der Waals surface area (Å²) in [6.45, 7) is -0.377. The van der Waals surface area contributed by atoms with Crippen molar-refractivity contribution in [2.45, 2.75) is 13.0 Å². The van der Waals surface area contributed by atoms with E-state index in [1.54, 1.807) is 84.6 Å². The molecule has 6 aromatic rings. The third kappa shape index (κ3) is 6.39. The first-order valence-electron chi connectivity index (χ1n) is 15.9. The predicted molar refractivity (Wildman–Crippen MR) is 192 cm³/mol. The lowest BCUT2D eigenvalue weighted by atomic mass is 9.96. The van der Waals surface area contributed by atoms with Gasteiger partial charge in [-0.25, -0.2) is 18.0 Å². The third-order valence-electron chi connectivity index (χ3n) is 8.80. The second kappa shape index (κ2) is 13.8. The maximum Gasteiger partial charge on any atom is 0.351 e. The van der Waals surface area contributed by atoms with Crippen LogP contribution in [0.5, 0.6) is 0 Å². The first-order valence-corrected chi connectivity index (χ1v) is 16.3. The molecule has 2 N–H and O–H groups in total.